The minimum absolute atomic E-state index is 0. The summed E-state index contributed by atoms with van der Waals surface area (Å²) in [5.74, 6) is 0. The van der Waals surface area contributed by atoms with Crippen molar-refractivity contribution < 1.29 is 33.0 Å². The van der Waals surface area contributed by atoms with Gasteiger partial charge < -0.3 is 33.0 Å². The zero-order valence-corrected chi connectivity index (χ0v) is 14.8. The molecule has 0 aromatic carbocycles. The minimum atomic E-state index is -5.68. The first kappa shape index (κ1) is 24.8. The summed E-state index contributed by atoms with van der Waals surface area (Å²) in [4.78, 5) is 37.3. The fraction of sp³-hybridized carbons (Fsp3) is 0. The standard InChI is InChI=1S/Ca.Mg.H4O7P2.Sr/c;;1-8(2,3)7-9(4,5)6;/h;;(H2,1,2,3)(H2,4,5,6);/q2*+2;;+2/p-4. The maximum absolute atomic E-state index is 9.32. The van der Waals surface area contributed by atoms with Crippen molar-refractivity contribution >= 4 is 122 Å². The van der Waals surface area contributed by atoms with Gasteiger partial charge in [0.25, 0.3) is 0 Å². The Morgan fingerprint density at radius 2 is 1.08 bits per heavy atom. The third-order valence-electron chi connectivity index (χ3n) is 0.200. The molecule has 56 valence electrons. The van der Waals surface area contributed by atoms with Crippen LogP contribution in [-0.4, -0.2) is 106 Å². The van der Waals surface area contributed by atoms with Crippen LogP contribution in [0, 0.1) is 0 Å². The van der Waals surface area contributed by atoms with Gasteiger partial charge in [-0.3, -0.25) is 0 Å². The molecule has 7 nitrogen and oxygen atoms in total. The largest absolute Gasteiger partial charge is 2.00 e. The maximum Gasteiger partial charge on any atom is 2.00 e. The molecule has 0 amide bonds. The Bertz CT molecular complexity index is 162. The molecule has 0 N–H and O–H groups in total. The Hall–Kier alpha value is 3.77. The summed E-state index contributed by atoms with van der Waals surface area (Å²) in [6.07, 6.45) is 0. The molecule has 0 aliphatic rings. The third kappa shape index (κ3) is 23.5. The van der Waals surface area contributed by atoms with Crippen LogP contribution in [0.1, 0.15) is 0 Å². The Morgan fingerprint density at radius 3 is 1.08 bits per heavy atom. The first-order valence-corrected chi connectivity index (χ1v) is 4.38. The molecule has 0 fully saturated rings. The average molecular weight is 326 g/mol. The molecule has 0 spiro atoms. The molecule has 0 saturated heterocycles. The molecular formula is CaMgO7P2Sr+2. The predicted molar refractivity (Wildman–Crippen MR) is 33.6 cm³/mol. The van der Waals surface area contributed by atoms with Crippen molar-refractivity contribution in [2.75, 3.05) is 0 Å². The van der Waals surface area contributed by atoms with E-state index in [4.69, 9.17) is 0 Å². The van der Waals surface area contributed by atoms with Crippen LogP contribution in [0.5, 0.6) is 0 Å². The van der Waals surface area contributed by atoms with E-state index in [1.54, 1.807) is 0 Å². The second-order valence-electron chi connectivity index (χ2n) is 0.976. The van der Waals surface area contributed by atoms with Crippen LogP contribution >= 0.6 is 15.6 Å². The Labute approximate surface area is 152 Å². The third-order valence-corrected chi connectivity index (χ3v) is 1.80. The van der Waals surface area contributed by atoms with E-state index in [0.29, 0.717) is 0 Å². The molecule has 0 rings (SSSR count). The quantitative estimate of drug-likeness (QED) is 0.369. The first-order chi connectivity index (χ1) is 3.71. The van der Waals surface area contributed by atoms with Crippen LogP contribution in [0.4, 0.5) is 0 Å². The second kappa shape index (κ2) is 9.95. The van der Waals surface area contributed by atoms with E-state index in [-0.39, 0.29) is 106 Å². The smallest absolute Gasteiger partial charge is 0.790 e. The molecule has 0 aliphatic heterocycles. The molecule has 0 aliphatic carbocycles. The van der Waals surface area contributed by atoms with Gasteiger partial charge in [0, 0.05) is 0 Å². The van der Waals surface area contributed by atoms with Gasteiger partial charge in [0.05, 0.1) is 15.6 Å². The van der Waals surface area contributed by atoms with E-state index in [9.17, 15) is 28.7 Å². The van der Waals surface area contributed by atoms with Crippen molar-refractivity contribution in [3.63, 3.8) is 0 Å². The molecule has 0 unspecified atom stereocenters. The van der Waals surface area contributed by atoms with Crippen LogP contribution < -0.4 is 19.6 Å². The Balaban J connectivity index is -0.000000107. The van der Waals surface area contributed by atoms with Gasteiger partial charge in [-0.1, -0.05) is 0 Å². The van der Waals surface area contributed by atoms with Crippen LogP contribution in [0.25, 0.3) is 0 Å². The van der Waals surface area contributed by atoms with Gasteiger partial charge in [0.1, 0.15) is 0 Å². The monoisotopic (exact) mass is 326 g/mol. The second-order valence-corrected chi connectivity index (χ2v) is 3.42. The Kier molecular flexibility index (Phi) is 20.6. The summed E-state index contributed by atoms with van der Waals surface area (Å²) in [7, 11) is -11.4. The number of hydrogen-bond acceptors (Lipinski definition) is 7. The van der Waals surface area contributed by atoms with Crippen LogP contribution in [0.2, 0.25) is 0 Å². The van der Waals surface area contributed by atoms with Gasteiger partial charge in [-0.15, -0.1) is 0 Å². The molecule has 0 heterocycles. The molecular weight excluding hydrogens is 326 g/mol. The summed E-state index contributed by atoms with van der Waals surface area (Å²) < 4.78 is 21.2. The van der Waals surface area contributed by atoms with Crippen molar-refractivity contribution in [3.05, 3.63) is 0 Å². The summed E-state index contributed by atoms with van der Waals surface area (Å²) in [5.41, 5.74) is 0. The number of phosphoric acid groups is 2. The van der Waals surface area contributed by atoms with Gasteiger partial charge in [0.15, 0.2) is 0 Å². The van der Waals surface area contributed by atoms with E-state index in [1.165, 1.54) is 0 Å². The molecule has 12 heteroatoms. The van der Waals surface area contributed by atoms with Gasteiger partial charge >= 0.3 is 106 Å². The van der Waals surface area contributed by atoms with Gasteiger partial charge in [-0.2, -0.15) is 0 Å². The molecule has 0 bridgehead atoms. The molecule has 0 radical (unpaired) electrons. The van der Waals surface area contributed by atoms with Crippen molar-refractivity contribution in [2.24, 2.45) is 0 Å². The Morgan fingerprint density at radius 1 is 0.917 bits per heavy atom. The number of rotatable bonds is 2. The predicted octanol–water partition coefficient (Wildman–Crippen LogP) is -4.48. The maximum atomic E-state index is 9.32. The van der Waals surface area contributed by atoms with E-state index >= 15 is 0 Å². The number of hydrogen-bond donors (Lipinski definition) is 0. The average Bonchev–Trinajstić information content (AvgIpc) is 1.14. The van der Waals surface area contributed by atoms with Crippen LogP contribution in [0.15, 0.2) is 0 Å². The molecule has 0 saturated carbocycles. The minimum Gasteiger partial charge on any atom is -0.790 e. The van der Waals surface area contributed by atoms with Gasteiger partial charge in [-0.25, -0.2) is 0 Å². The van der Waals surface area contributed by atoms with Crippen molar-refractivity contribution in [2.45, 2.75) is 0 Å². The first-order valence-electron chi connectivity index (χ1n) is 1.46. The molecule has 0 aromatic rings. The summed E-state index contributed by atoms with van der Waals surface area (Å²) in [6.45, 7) is 0. The fourth-order valence-corrected chi connectivity index (χ4v) is 1.10. The van der Waals surface area contributed by atoms with Crippen molar-refractivity contribution in [1.29, 1.82) is 0 Å². The van der Waals surface area contributed by atoms with Crippen molar-refractivity contribution in [3.8, 4) is 0 Å². The SMILES string of the molecule is O=P([O-])([O-])OP(=O)([O-])[O-].[Ca+2].[Mg+2].[Sr+2]. The van der Waals surface area contributed by atoms with Crippen LogP contribution in [0.3, 0.4) is 0 Å². The normalized spacial score (nSPS) is 10.3. The topological polar surface area (TPSA) is 136 Å². The molecule has 0 aromatic heterocycles. The van der Waals surface area contributed by atoms with E-state index in [2.05, 4.69) is 4.31 Å². The van der Waals surface area contributed by atoms with Gasteiger partial charge in [-0.05, 0) is 0 Å². The fourth-order valence-electron chi connectivity index (χ4n) is 0.122. The summed E-state index contributed by atoms with van der Waals surface area (Å²) >= 11 is 0. The molecule has 12 heavy (non-hydrogen) atoms. The zero-order valence-electron chi connectivity index (χ0n) is 5.87. The van der Waals surface area contributed by atoms with Crippen molar-refractivity contribution in [1.82, 2.24) is 0 Å². The van der Waals surface area contributed by atoms with Gasteiger partial charge in [0.2, 0.25) is 0 Å². The molecule has 0 atom stereocenters. The van der Waals surface area contributed by atoms with E-state index in [1.807, 2.05) is 0 Å². The van der Waals surface area contributed by atoms with Crippen LogP contribution in [-0.2, 0) is 13.4 Å². The van der Waals surface area contributed by atoms with E-state index < -0.39 is 15.6 Å². The summed E-state index contributed by atoms with van der Waals surface area (Å²) in [5, 5.41) is 0. The zero-order chi connectivity index (χ0) is 7.71. The summed E-state index contributed by atoms with van der Waals surface area (Å²) in [6, 6.07) is 0. The van der Waals surface area contributed by atoms with E-state index in [0.717, 1.165) is 0 Å².